The minimum Gasteiger partial charge on any atom is -0.471 e. The molecule has 0 aliphatic heterocycles. The fraction of sp³-hybridized carbons (Fsp3) is 0.259. The fourth-order valence-electron chi connectivity index (χ4n) is 3.70. The van der Waals surface area contributed by atoms with Crippen LogP contribution in [0.5, 0.6) is 5.88 Å². The summed E-state index contributed by atoms with van der Waals surface area (Å²) < 4.78 is 69.5. The van der Waals surface area contributed by atoms with E-state index in [4.69, 9.17) is 27.9 Å². The number of carbonyl (C=O) groups excluding carboxylic acids is 2. The van der Waals surface area contributed by atoms with Crippen molar-refractivity contribution in [2.24, 2.45) is 0 Å². The van der Waals surface area contributed by atoms with Gasteiger partial charge in [0.1, 0.15) is 11.2 Å². The van der Waals surface area contributed by atoms with Gasteiger partial charge in [-0.1, -0.05) is 29.3 Å². The molecular formula is C27H23Cl2F5N6O4. The van der Waals surface area contributed by atoms with Crippen LogP contribution in [0.4, 0.5) is 39.3 Å². The maximum atomic E-state index is 13.0. The van der Waals surface area contributed by atoms with Crippen LogP contribution in [0.2, 0.25) is 10.0 Å². The van der Waals surface area contributed by atoms with Gasteiger partial charge in [0.05, 0.1) is 26.8 Å². The number of hydrogen-bond acceptors (Lipinski definition) is 7. The first kappa shape index (κ1) is 32.7. The molecule has 2 aromatic carbocycles. The standard InChI is InChI=1S/C27H23Cl2F5N6O4/c1-26(2,43)24(42)35-10-12-3-8-16(28)20(19(12)29)38-25-37-17-9-15(23(39-21(17)40-25)44-11-18(30)31)22(41)36-14-6-4-13(5-7-14)27(32,33)34/h3-9,18,43H,10-11H2,1-2H3,(H,35,42)(H,36,41)(H2,37,38,39,40). The molecular weight excluding hydrogens is 638 g/mol. The van der Waals surface area contributed by atoms with Gasteiger partial charge in [-0.25, -0.2) is 8.78 Å². The van der Waals surface area contributed by atoms with Crippen LogP contribution in [-0.2, 0) is 17.5 Å². The number of hydrogen-bond donors (Lipinski definition) is 5. The molecule has 4 aromatic rings. The molecule has 10 nitrogen and oxygen atoms in total. The van der Waals surface area contributed by atoms with Gasteiger partial charge in [0.2, 0.25) is 11.8 Å². The van der Waals surface area contributed by atoms with Gasteiger partial charge in [0.25, 0.3) is 18.2 Å². The zero-order valence-corrected chi connectivity index (χ0v) is 24.3. The Balaban J connectivity index is 1.62. The first-order valence-corrected chi connectivity index (χ1v) is 13.3. The van der Waals surface area contributed by atoms with Crippen molar-refractivity contribution in [2.75, 3.05) is 17.2 Å². The fourth-order valence-corrected chi connectivity index (χ4v) is 4.23. The third-order valence-corrected chi connectivity index (χ3v) is 6.66. The molecule has 17 heteroatoms. The molecule has 0 atom stereocenters. The Morgan fingerprint density at radius 3 is 2.36 bits per heavy atom. The third-order valence-electron chi connectivity index (χ3n) is 5.91. The summed E-state index contributed by atoms with van der Waals surface area (Å²) in [6, 6.07) is 7.88. The molecule has 0 fully saturated rings. The van der Waals surface area contributed by atoms with E-state index in [9.17, 15) is 36.6 Å². The molecule has 0 unspecified atom stereocenters. The number of amides is 2. The average molecular weight is 661 g/mol. The van der Waals surface area contributed by atoms with Gasteiger partial charge in [-0.05, 0) is 55.8 Å². The molecule has 44 heavy (non-hydrogen) atoms. The Morgan fingerprint density at radius 2 is 1.75 bits per heavy atom. The highest BCUT2D eigenvalue weighted by Crippen LogP contribution is 2.36. The monoisotopic (exact) mass is 660 g/mol. The third kappa shape index (κ3) is 7.84. The van der Waals surface area contributed by atoms with Crippen molar-refractivity contribution in [3.8, 4) is 5.88 Å². The van der Waals surface area contributed by atoms with E-state index in [0.29, 0.717) is 5.56 Å². The van der Waals surface area contributed by atoms with Crippen LogP contribution in [0.25, 0.3) is 11.2 Å². The largest absolute Gasteiger partial charge is 0.471 e. The Kier molecular flexibility index (Phi) is 9.51. The van der Waals surface area contributed by atoms with E-state index in [1.165, 1.54) is 26.0 Å². The quantitative estimate of drug-likeness (QED) is 0.126. The average Bonchev–Trinajstić information content (AvgIpc) is 3.33. The molecule has 2 heterocycles. The smallest absolute Gasteiger partial charge is 0.416 e. The number of nitrogens with one attached hydrogen (secondary N) is 4. The predicted molar refractivity (Wildman–Crippen MR) is 153 cm³/mol. The SMILES string of the molecule is CC(C)(O)C(=O)NCc1ccc(Cl)c(Nc2nc3nc(OCC(F)F)c(C(=O)Nc4ccc(C(F)(F)F)cc4)cc3[nH]2)c1Cl. The first-order chi connectivity index (χ1) is 20.5. The lowest BCUT2D eigenvalue weighted by Crippen LogP contribution is -2.41. The van der Waals surface area contributed by atoms with Gasteiger partial charge in [0.15, 0.2) is 12.3 Å². The van der Waals surface area contributed by atoms with Crippen LogP contribution in [0, 0.1) is 0 Å². The van der Waals surface area contributed by atoms with E-state index >= 15 is 0 Å². The number of halogens is 7. The Hall–Kier alpha value is -4.21. The highest BCUT2D eigenvalue weighted by atomic mass is 35.5. The molecule has 234 valence electrons. The van der Waals surface area contributed by atoms with Crippen molar-refractivity contribution >= 4 is 63.5 Å². The first-order valence-electron chi connectivity index (χ1n) is 12.6. The van der Waals surface area contributed by atoms with Crippen molar-refractivity contribution in [3.63, 3.8) is 0 Å². The molecule has 0 aliphatic carbocycles. The predicted octanol–water partition coefficient (Wildman–Crippen LogP) is 6.31. The number of fused-ring (bicyclic) bond motifs is 1. The minimum atomic E-state index is -4.58. The number of carbonyl (C=O) groups is 2. The number of nitrogens with zero attached hydrogens (tertiary/aromatic N) is 2. The summed E-state index contributed by atoms with van der Waals surface area (Å²) in [7, 11) is 0. The van der Waals surface area contributed by atoms with Crippen LogP contribution in [0.3, 0.4) is 0 Å². The molecule has 0 saturated heterocycles. The lowest BCUT2D eigenvalue weighted by molar-refractivity contribution is -0.137. The zero-order chi connectivity index (χ0) is 32.4. The molecule has 0 spiro atoms. The normalized spacial score (nSPS) is 12.0. The Bertz CT molecular complexity index is 1690. The second-order valence-corrected chi connectivity index (χ2v) is 10.6. The maximum absolute atomic E-state index is 13.0. The number of rotatable bonds is 10. The van der Waals surface area contributed by atoms with Crippen LogP contribution < -0.4 is 20.7 Å². The summed E-state index contributed by atoms with van der Waals surface area (Å²) in [6.45, 7) is 1.50. The van der Waals surface area contributed by atoms with E-state index < -0.39 is 48.1 Å². The van der Waals surface area contributed by atoms with E-state index in [1.807, 2.05) is 0 Å². The number of anilines is 3. The number of alkyl halides is 5. The number of imidazole rings is 1. The Morgan fingerprint density at radius 1 is 1.07 bits per heavy atom. The van der Waals surface area contributed by atoms with Crippen LogP contribution in [0.15, 0.2) is 42.5 Å². The minimum absolute atomic E-state index is 0.00206. The van der Waals surface area contributed by atoms with Crippen molar-refractivity contribution < 1.29 is 41.4 Å². The van der Waals surface area contributed by atoms with Gasteiger partial charge < -0.3 is 30.8 Å². The van der Waals surface area contributed by atoms with E-state index in [1.54, 1.807) is 6.07 Å². The van der Waals surface area contributed by atoms with Gasteiger partial charge in [-0.15, -0.1) is 0 Å². The lowest BCUT2D eigenvalue weighted by Gasteiger charge is -2.18. The van der Waals surface area contributed by atoms with Gasteiger partial charge >= 0.3 is 6.18 Å². The number of aliphatic hydroxyl groups is 1. The summed E-state index contributed by atoms with van der Waals surface area (Å²) in [5.74, 6) is -2.02. The number of aromatic nitrogens is 3. The molecule has 4 rings (SSSR count). The second-order valence-electron chi connectivity index (χ2n) is 9.79. The van der Waals surface area contributed by atoms with Crippen molar-refractivity contribution in [3.05, 3.63) is 69.2 Å². The summed E-state index contributed by atoms with van der Waals surface area (Å²) >= 11 is 12.8. The van der Waals surface area contributed by atoms with Crippen molar-refractivity contribution in [1.29, 1.82) is 0 Å². The van der Waals surface area contributed by atoms with E-state index in [0.717, 1.165) is 24.3 Å². The van der Waals surface area contributed by atoms with E-state index in [2.05, 4.69) is 30.9 Å². The topological polar surface area (TPSA) is 141 Å². The molecule has 2 amide bonds. The maximum Gasteiger partial charge on any atom is 0.416 e. The van der Waals surface area contributed by atoms with Crippen molar-refractivity contribution in [2.45, 2.75) is 38.6 Å². The number of H-pyrrole nitrogens is 1. The molecule has 2 aromatic heterocycles. The number of ether oxygens (including phenoxy) is 1. The van der Waals surface area contributed by atoms with Crippen LogP contribution in [-0.4, -0.2) is 50.5 Å². The lowest BCUT2D eigenvalue weighted by atomic mass is 10.1. The van der Waals surface area contributed by atoms with Gasteiger partial charge in [-0.2, -0.15) is 23.1 Å². The van der Waals surface area contributed by atoms with Gasteiger partial charge in [-0.3, -0.25) is 9.59 Å². The van der Waals surface area contributed by atoms with Crippen LogP contribution in [0.1, 0.15) is 35.3 Å². The summed E-state index contributed by atoms with van der Waals surface area (Å²) in [5.41, 5.74) is -2.15. The number of pyridine rings is 1. The Labute approximate surface area is 255 Å². The summed E-state index contributed by atoms with van der Waals surface area (Å²) in [6.07, 6.45) is -7.48. The van der Waals surface area contributed by atoms with Crippen LogP contribution >= 0.6 is 23.2 Å². The summed E-state index contributed by atoms with van der Waals surface area (Å²) in [4.78, 5) is 36.2. The van der Waals surface area contributed by atoms with Crippen molar-refractivity contribution in [1.82, 2.24) is 20.3 Å². The zero-order valence-electron chi connectivity index (χ0n) is 22.7. The highest BCUT2D eigenvalue weighted by molar-refractivity contribution is 6.39. The summed E-state index contributed by atoms with van der Waals surface area (Å²) in [5, 5.41) is 17.9. The molecule has 0 bridgehead atoms. The molecule has 0 radical (unpaired) electrons. The molecule has 5 N–H and O–H groups in total. The highest BCUT2D eigenvalue weighted by Gasteiger charge is 2.30. The molecule has 0 saturated carbocycles. The molecule has 0 aliphatic rings. The van der Waals surface area contributed by atoms with E-state index in [-0.39, 0.29) is 50.6 Å². The number of aromatic amines is 1. The van der Waals surface area contributed by atoms with Gasteiger partial charge in [0, 0.05) is 12.2 Å². The second kappa shape index (κ2) is 12.8. The number of benzene rings is 2.